The van der Waals surface area contributed by atoms with Gasteiger partial charge in [-0.15, -0.1) is 0 Å². The molecule has 2 aromatic rings. The molecular formula is C19H26N4O2. The van der Waals surface area contributed by atoms with Gasteiger partial charge in [-0.1, -0.05) is 25.1 Å². The van der Waals surface area contributed by atoms with Crippen molar-refractivity contribution < 1.29 is 9.53 Å². The highest BCUT2D eigenvalue weighted by molar-refractivity contribution is 5.95. The molecule has 1 aromatic carbocycles. The second-order valence-corrected chi connectivity index (χ2v) is 6.37. The van der Waals surface area contributed by atoms with E-state index in [1.807, 2.05) is 49.2 Å². The molecule has 0 bridgehead atoms. The molecule has 6 heteroatoms. The molecule has 0 saturated carbocycles. The van der Waals surface area contributed by atoms with Crippen LogP contribution in [-0.2, 0) is 0 Å². The van der Waals surface area contributed by atoms with Crippen LogP contribution in [0.2, 0.25) is 0 Å². The number of hydrogen-bond acceptors (Lipinski definition) is 4. The second-order valence-electron chi connectivity index (χ2n) is 6.37. The number of aromatic nitrogens is 2. The lowest BCUT2D eigenvalue weighted by Crippen LogP contribution is -2.44. The summed E-state index contributed by atoms with van der Waals surface area (Å²) in [5.41, 5.74) is 1.30. The topological polar surface area (TPSA) is 59.4 Å². The molecule has 25 heavy (non-hydrogen) atoms. The first-order valence-electron chi connectivity index (χ1n) is 8.96. The van der Waals surface area contributed by atoms with E-state index < -0.39 is 0 Å². The molecule has 1 aromatic heterocycles. The van der Waals surface area contributed by atoms with E-state index >= 15 is 0 Å². The van der Waals surface area contributed by atoms with Crippen molar-refractivity contribution in [2.45, 2.75) is 32.2 Å². The molecule has 0 unspecified atom stereocenters. The van der Waals surface area contributed by atoms with Gasteiger partial charge in [0.05, 0.1) is 18.5 Å². The van der Waals surface area contributed by atoms with E-state index in [4.69, 9.17) is 4.74 Å². The van der Waals surface area contributed by atoms with Crippen LogP contribution in [0.1, 0.15) is 36.7 Å². The zero-order valence-electron chi connectivity index (χ0n) is 14.9. The van der Waals surface area contributed by atoms with E-state index in [9.17, 15) is 4.79 Å². The molecule has 1 aliphatic rings. The third-order valence-electron chi connectivity index (χ3n) is 4.54. The second kappa shape index (κ2) is 8.16. The van der Waals surface area contributed by atoms with Crippen LogP contribution in [0.25, 0.3) is 5.69 Å². The Bertz CT molecular complexity index is 693. The number of hydrogen-bond donors (Lipinski definition) is 1. The SMILES string of the molecule is CCCOc1cn(-c2ccccc2)nc1C(=O)N(C)C1CCNCC1. The average molecular weight is 342 g/mol. The molecule has 0 aliphatic carbocycles. The van der Waals surface area contributed by atoms with Crippen molar-refractivity contribution in [1.29, 1.82) is 0 Å². The highest BCUT2D eigenvalue weighted by Crippen LogP contribution is 2.23. The van der Waals surface area contributed by atoms with Crippen molar-refractivity contribution in [3.63, 3.8) is 0 Å². The van der Waals surface area contributed by atoms with Gasteiger partial charge in [0.15, 0.2) is 11.4 Å². The van der Waals surface area contributed by atoms with Gasteiger partial charge in [0.25, 0.3) is 5.91 Å². The lowest BCUT2D eigenvalue weighted by molar-refractivity contribution is 0.0692. The largest absolute Gasteiger partial charge is 0.489 e. The molecule has 1 aliphatic heterocycles. The van der Waals surface area contributed by atoms with Gasteiger partial charge in [-0.2, -0.15) is 5.10 Å². The molecule has 0 atom stereocenters. The zero-order chi connectivity index (χ0) is 17.6. The number of ether oxygens (including phenoxy) is 1. The summed E-state index contributed by atoms with van der Waals surface area (Å²) in [6.07, 6.45) is 4.61. The summed E-state index contributed by atoms with van der Waals surface area (Å²) in [7, 11) is 1.86. The van der Waals surface area contributed by atoms with Gasteiger partial charge in [0, 0.05) is 13.1 Å². The average Bonchev–Trinajstić information content (AvgIpc) is 3.10. The van der Waals surface area contributed by atoms with E-state index in [0.717, 1.165) is 38.0 Å². The normalized spacial score (nSPS) is 15.1. The smallest absolute Gasteiger partial charge is 0.278 e. The van der Waals surface area contributed by atoms with E-state index in [1.165, 1.54) is 0 Å². The minimum Gasteiger partial charge on any atom is -0.489 e. The summed E-state index contributed by atoms with van der Waals surface area (Å²) in [6.45, 7) is 4.50. The minimum atomic E-state index is -0.0762. The van der Waals surface area contributed by atoms with Crippen molar-refractivity contribution in [1.82, 2.24) is 20.0 Å². The maximum atomic E-state index is 13.0. The maximum absolute atomic E-state index is 13.0. The fourth-order valence-electron chi connectivity index (χ4n) is 3.06. The van der Waals surface area contributed by atoms with Crippen LogP contribution < -0.4 is 10.1 Å². The molecule has 6 nitrogen and oxygen atoms in total. The van der Waals surface area contributed by atoms with Crippen molar-refractivity contribution >= 4 is 5.91 Å². The Morgan fingerprint density at radius 1 is 1.32 bits per heavy atom. The van der Waals surface area contributed by atoms with E-state index in [0.29, 0.717) is 18.1 Å². The number of nitrogens with zero attached hydrogens (tertiary/aromatic N) is 3. The Morgan fingerprint density at radius 2 is 2.04 bits per heavy atom. The molecule has 134 valence electrons. The van der Waals surface area contributed by atoms with Crippen LogP contribution in [-0.4, -0.2) is 53.4 Å². The number of nitrogens with one attached hydrogen (secondary N) is 1. The van der Waals surface area contributed by atoms with Gasteiger partial charge >= 0.3 is 0 Å². The van der Waals surface area contributed by atoms with Crippen molar-refractivity contribution in [3.8, 4) is 11.4 Å². The molecular weight excluding hydrogens is 316 g/mol. The summed E-state index contributed by atoms with van der Waals surface area (Å²) < 4.78 is 7.52. The Hall–Kier alpha value is -2.34. The fraction of sp³-hybridized carbons (Fsp3) is 0.474. The number of carbonyl (C=O) groups excluding carboxylic acids is 1. The summed E-state index contributed by atoms with van der Waals surface area (Å²) in [5.74, 6) is 0.476. The van der Waals surface area contributed by atoms with Crippen molar-refractivity contribution in [2.24, 2.45) is 0 Å². The van der Waals surface area contributed by atoms with Gasteiger partial charge in [-0.25, -0.2) is 4.68 Å². The van der Waals surface area contributed by atoms with Crippen LogP contribution in [0.5, 0.6) is 5.75 Å². The first-order chi connectivity index (χ1) is 12.2. The summed E-state index contributed by atoms with van der Waals surface area (Å²) in [5, 5.41) is 7.86. The number of carbonyl (C=O) groups is 1. The first kappa shape index (κ1) is 17.5. The van der Waals surface area contributed by atoms with Crippen LogP contribution >= 0.6 is 0 Å². The van der Waals surface area contributed by atoms with Gasteiger partial charge in [-0.05, 0) is 44.5 Å². The molecule has 3 rings (SSSR count). The minimum absolute atomic E-state index is 0.0762. The van der Waals surface area contributed by atoms with Gasteiger partial charge < -0.3 is 15.0 Å². The van der Waals surface area contributed by atoms with Crippen molar-refractivity contribution in [3.05, 3.63) is 42.2 Å². The molecule has 2 heterocycles. The number of para-hydroxylation sites is 1. The summed E-state index contributed by atoms with van der Waals surface area (Å²) in [6, 6.07) is 10.0. The van der Waals surface area contributed by atoms with E-state index in [-0.39, 0.29) is 11.9 Å². The quantitative estimate of drug-likeness (QED) is 0.876. The van der Waals surface area contributed by atoms with Crippen LogP contribution in [0.4, 0.5) is 0 Å². The standard InChI is InChI=1S/C19H26N4O2/c1-3-13-25-17-14-23(16-7-5-4-6-8-16)21-18(17)19(24)22(2)15-9-11-20-12-10-15/h4-8,14-15,20H,3,9-13H2,1-2H3. The predicted molar refractivity (Wildman–Crippen MR) is 97.3 cm³/mol. The third kappa shape index (κ3) is 4.02. The lowest BCUT2D eigenvalue weighted by atomic mass is 10.1. The number of rotatable bonds is 6. The van der Waals surface area contributed by atoms with Crippen molar-refractivity contribution in [2.75, 3.05) is 26.7 Å². The Kier molecular flexibility index (Phi) is 5.71. The van der Waals surface area contributed by atoms with Crippen LogP contribution in [0.3, 0.4) is 0 Å². The number of benzene rings is 1. The van der Waals surface area contributed by atoms with Crippen LogP contribution in [0.15, 0.2) is 36.5 Å². The fourth-order valence-corrected chi connectivity index (χ4v) is 3.06. The summed E-state index contributed by atoms with van der Waals surface area (Å²) in [4.78, 5) is 14.8. The van der Waals surface area contributed by atoms with Crippen LogP contribution in [0, 0.1) is 0 Å². The van der Waals surface area contributed by atoms with Gasteiger partial charge in [0.1, 0.15) is 0 Å². The Balaban J connectivity index is 1.87. The van der Waals surface area contributed by atoms with E-state index in [1.54, 1.807) is 10.9 Å². The summed E-state index contributed by atoms with van der Waals surface area (Å²) >= 11 is 0. The third-order valence-corrected chi connectivity index (χ3v) is 4.54. The predicted octanol–water partition coefficient (Wildman–Crippen LogP) is 2.49. The first-order valence-corrected chi connectivity index (χ1v) is 8.96. The molecule has 1 N–H and O–H groups in total. The Labute approximate surface area is 148 Å². The molecule has 1 amide bonds. The van der Waals surface area contributed by atoms with Gasteiger partial charge in [-0.3, -0.25) is 4.79 Å². The number of piperidine rings is 1. The van der Waals surface area contributed by atoms with Gasteiger partial charge in [0.2, 0.25) is 0 Å². The molecule has 1 saturated heterocycles. The maximum Gasteiger partial charge on any atom is 0.278 e. The number of amides is 1. The highest BCUT2D eigenvalue weighted by Gasteiger charge is 2.27. The highest BCUT2D eigenvalue weighted by atomic mass is 16.5. The molecule has 0 radical (unpaired) electrons. The molecule has 1 fully saturated rings. The lowest BCUT2D eigenvalue weighted by Gasteiger charge is -2.31. The molecule has 0 spiro atoms. The monoisotopic (exact) mass is 342 g/mol. The van der Waals surface area contributed by atoms with E-state index in [2.05, 4.69) is 10.4 Å². The zero-order valence-corrected chi connectivity index (χ0v) is 14.9. The Morgan fingerprint density at radius 3 is 2.72 bits per heavy atom.